The lowest BCUT2D eigenvalue weighted by Gasteiger charge is -2.29. The third-order valence-corrected chi connectivity index (χ3v) is 5.16. The van der Waals surface area contributed by atoms with E-state index in [2.05, 4.69) is 17.4 Å². The number of rotatable bonds is 5. The molecule has 0 bridgehead atoms. The van der Waals surface area contributed by atoms with Gasteiger partial charge in [0.05, 0.1) is 6.04 Å². The minimum Gasteiger partial charge on any atom is -0.331 e. The molecule has 0 radical (unpaired) electrons. The second-order valence-electron chi connectivity index (χ2n) is 6.83. The third-order valence-electron chi connectivity index (χ3n) is 4.91. The number of hydrogen-bond acceptors (Lipinski definition) is 2. The van der Waals surface area contributed by atoms with E-state index >= 15 is 0 Å². The molecule has 2 aromatic carbocycles. The van der Waals surface area contributed by atoms with E-state index in [1.165, 1.54) is 12.0 Å². The van der Waals surface area contributed by atoms with Crippen LogP contribution in [-0.2, 0) is 13.0 Å². The molecule has 4 nitrogen and oxygen atoms in total. The number of carbonyl (C=O) groups is 1. The number of urea groups is 1. The first kappa shape index (κ1) is 18.7. The maximum atomic E-state index is 12.7. The average Bonchev–Trinajstić information content (AvgIpc) is 2.69. The number of benzene rings is 2. The average molecular weight is 372 g/mol. The lowest BCUT2D eigenvalue weighted by molar-refractivity contribution is 0.182. The van der Waals surface area contributed by atoms with Crippen molar-refractivity contribution >= 4 is 17.6 Å². The van der Waals surface area contributed by atoms with E-state index in [-0.39, 0.29) is 12.1 Å². The van der Waals surface area contributed by atoms with Gasteiger partial charge in [-0.3, -0.25) is 0 Å². The lowest BCUT2D eigenvalue weighted by Crippen LogP contribution is -2.44. The van der Waals surface area contributed by atoms with Crippen molar-refractivity contribution < 1.29 is 4.79 Å². The van der Waals surface area contributed by atoms with Gasteiger partial charge >= 0.3 is 6.03 Å². The van der Waals surface area contributed by atoms with E-state index in [0.717, 1.165) is 43.5 Å². The predicted molar refractivity (Wildman–Crippen MR) is 106 cm³/mol. The quantitative estimate of drug-likeness (QED) is 0.824. The summed E-state index contributed by atoms with van der Waals surface area (Å²) in [5, 5.41) is 3.92. The topological polar surface area (TPSA) is 58.4 Å². The van der Waals surface area contributed by atoms with Gasteiger partial charge < -0.3 is 16.0 Å². The molecule has 26 heavy (non-hydrogen) atoms. The van der Waals surface area contributed by atoms with Gasteiger partial charge in [-0.05, 0) is 54.5 Å². The van der Waals surface area contributed by atoms with Crippen molar-refractivity contribution in [3.63, 3.8) is 0 Å². The molecule has 138 valence electrons. The van der Waals surface area contributed by atoms with Gasteiger partial charge in [0.2, 0.25) is 0 Å². The Morgan fingerprint density at radius 3 is 2.23 bits per heavy atom. The van der Waals surface area contributed by atoms with Crippen LogP contribution in [0.2, 0.25) is 5.02 Å². The van der Waals surface area contributed by atoms with E-state index in [1.54, 1.807) is 0 Å². The molecule has 1 heterocycles. The molecule has 0 aromatic heterocycles. The van der Waals surface area contributed by atoms with Gasteiger partial charge in [0, 0.05) is 24.7 Å². The number of hydrogen-bond donors (Lipinski definition) is 2. The standard InChI is InChI=1S/C21H26ClN3O/c22-19-10-8-18(9-11-19)20(14-16-4-6-17(15-23)7-5-16)24-21(26)25-12-2-1-3-13-25/h4-11,20H,1-3,12-15,23H2,(H,24,26). The van der Waals surface area contributed by atoms with Crippen LogP contribution in [0.15, 0.2) is 48.5 Å². The Hall–Kier alpha value is -2.04. The Morgan fingerprint density at radius 2 is 1.62 bits per heavy atom. The van der Waals surface area contributed by atoms with Crippen molar-refractivity contribution in [2.24, 2.45) is 5.73 Å². The monoisotopic (exact) mass is 371 g/mol. The van der Waals surface area contributed by atoms with Crippen molar-refractivity contribution in [1.82, 2.24) is 10.2 Å². The summed E-state index contributed by atoms with van der Waals surface area (Å²) in [6.07, 6.45) is 4.10. The van der Waals surface area contributed by atoms with Gasteiger partial charge in [-0.2, -0.15) is 0 Å². The Morgan fingerprint density at radius 1 is 1.00 bits per heavy atom. The first-order valence-electron chi connectivity index (χ1n) is 9.24. The fourth-order valence-electron chi connectivity index (χ4n) is 3.33. The van der Waals surface area contributed by atoms with E-state index in [4.69, 9.17) is 17.3 Å². The Bertz CT molecular complexity index is 709. The Labute approximate surface area is 160 Å². The van der Waals surface area contributed by atoms with E-state index in [1.807, 2.05) is 41.3 Å². The molecule has 3 rings (SSSR count). The predicted octanol–water partition coefficient (Wildman–Crippen LogP) is 4.28. The van der Waals surface area contributed by atoms with Crippen LogP contribution in [0.25, 0.3) is 0 Å². The molecule has 0 spiro atoms. The number of nitrogens with one attached hydrogen (secondary N) is 1. The minimum atomic E-state index is -0.0922. The second-order valence-corrected chi connectivity index (χ2v) is 7.26. The highest BCUT2D eigenvalue weighted by Crippen LogP contribution is 2.22. The molecule has 2 amide bonds. The maximum Gasteiger partial charge on any atom is 0.317 e. The maximum absolute atomic E-state index is 12.7. The van der Waals surface area contributed by atoms with Crippen molar-refractivity contribution in [2.75, 3.05) is 13.1 Å². The lowest BCUT2D eigenvalue weighted by atomic mass is 9.98. The van der Waals surface area contributed by atoms with Crippen LogP contribution in [0.3, 0.4) is 0 Å². The number of carbonyl (C=O) groups excluding carboxylic acids is 1. The van der Waals surface area contributed by atoms with Crippen molar-refractivity contribution in [3.05, 3.63) is 70.2 Å². The Balaban J connectivity index is 1.76. The summed E-state index contributed by atoms with van der Waals surface area (Å²) in [6, 6.07) is 15.9. The molecule has 1 aliphatic heterocycles. The smallest absolute Gasteiger partial charge is 0.317 e. The van der Waals surface area contributed by atoms with E-state index in [9.17, 15) is 4.79 Å². The van der Waals surface area contributed by atoms with E-state index < -0.39 is 0 Å². The molecule has 0 saturated carbocycles. The normalized spacial score (nSPS) is 15.5. The number of amides is 2. The molecular weight excluding hydrogens is 346 g/mol. The molecule has 1 aliphatic rings. The molecule has 5 heteroatoms. The third kappa shape index (κ3) is 4.99. The molecule has 0 aliphatic carbocycles. The molecule has 1 unspecified atom stereocenters. The van der Waals surface area contributed by atoms with Gasteiger partial charge in [-0.15, -0.1) is 0 Å². The SMILES string of the molecule is NCc1ccc(CC(NC(=O)N2CCCCC2)c2ccc(Cl)cc2)cc1. The number of likely N-dealkylation sites (tertiary alicyclic amines) is 1. The largest absolute Gasteiger partial charge is 0.331 e. The van der Waals surface area contributed by atoms with Crippen LogP contribution in [0.4, 0.5) is 4.79 Å². The highest BCUT2D eigenvalue weighted by atomic mass is 35.5. The van der Waals surface area contributed by atoms with Crippen LogP contribution in [0.5, 0.6) is 0 Å². The van der Waals surface area contributed by atoms with Gasteiger partial charge in [0.1, 0.15) is 0 Å². The van der Waals surface area contributed by atoms with Crippen molar-refractivity contribution in [1.29, 1.82) is 0 Å². The Kier molecular flexibility index (Phi) is 6.53. The molecule has 1 fully saturated rings. The summed E-state index contributed by atoms with van der Waals surface area (Å²) in [4.78, 5) is 14.6. The molecule has 3 N–H and O–H groups in total. The van der Waals surface area contributed by atoms with Crippen LogP contribution in [0, 0.1) is 0 Å². The fourth-order valence-corrected chi connectivity index (χ4v) is 3.46. The van der Waals surface area contributed by atoms with Gasteiger partial charge in [-0.25, -0.2) is 4.79 Å². The first-order valence-corrected chi connectivity index (χ1v) is 9.62. The number of piperidine rings is 1. The zero-order valence-corrected chi connectivity index (χ0v) is 15.7. The van der Waals surface area contributed by atoms with Crippen LogP contribution >= 0.6 is 11.6 Å². The summed E-state index contributed by atoms with van der Waals surface area (Å²) < 4.78 is 0. The minimum absolute atomic E-state index is 0.0169. The first-order chi connectivity index (χ1) is 12.7. The fraction of sp³-hybridized carbons (Fsp3) is 0.381. The van der Waals surface area contributed by atoms with Crippen LogP contribution in [0.1, 0.15) is 42.0 Å². The van der Waals surface area contributed by atoms with Gasteiger partial charge in [0.15, 0.2) is 0 Å². The number of nitrogens with two attached hydrogens (primary N) is 1. The summed E-state index contributed by atoms with van der Waals surface area (Å²) in [6.45, 7) is 2.21. The highest BCUT2D eigenvalue weighted by molar-refractivity contribution is 6.30. The van der Waals surface area contributed by atoms with Crippen LogP contribution < -0.4 is 11.1 Å². The summed E-state index contributed by atoms with van der Waals surface area (Å²) in [7, 11) is 0. The molecule has 1 atom stereocenters. The van der Waals surface area contributed by atoms with Crippen molar-refractivity contribution in [3.8, 4) is 0 Å². The van der Waals surface area contributed by atoms with Gasteiger partial charge in [-0.1, -0.05) is 48.0 Å². The molecular formula is C21H26ClN3O. The molecule has 1 saturated heterocycles. The van der Waals surface area contributed by atoms with E-state index in [0.29, 0.717) is 11.6 Å². The second kappa shape index (κ2) is 9.06. The van der Waals surface area contributed by atoms with Gasteiger partial charge in [0.25, 0.3) is 0 Å². The zero-order valence-electron chi connectivity index (χ0n) is 15.0. The summed E-state index contributed by atoms with van der Waals surface area (Å²) in [5.41, 5.74) is 9.01. The number of nitrogens with zero attached hydrogens (tertiary/aromatic N) is 1. The number of halogens is 1. The van der Waals surface area contributed by atoms with Crippen molar-refractivity contribution in [2.45, 2.75) is 38.3 Å². The summed E-state index contributed by atoms with van der Waals surface area (Å²) >= 11 is 6.03. The molecule has 2 aromatic rings. The highest BCUT2D eigenvalue weighted by Gasteiger charge is 2.21. The van der Waals surface area contributed by atoms with Crippen LogP contribution in [-0.4, -0.2) is 24.0 Å². The summed E-state index contributed by atoms with van der Waals surface area (Å²) in [5.74, 6) is 0. The zero-order chi connectivity index (χ0) is 18.4.